The number of hydrogen-bond donors (Lipinski definition) is 1. The summed E-state index contributed by atoms with van der Waals surface area (Å²) in [5, 5.41) is 1.09. The molecule has 0 aliphatic carbocycles. The van der Waals surface area contributed by atoms with Crippen molar-refractivity contribution >= 4 is 22.5 Å². The maximum absolute atomic E-state index is 11.7. The number of benzene rings is 1. The highest BCUT2D eigenvalue weighted by Crippen LogP contribution is 2.11. The summed E-state index contributed by atoms with van der Waals surface area (Å²) in [4.78, 5) is 14.6. The normalized spacial score (nSPS) is 10.8. The van der Waals surface area contributed by atoms with Crippen molar-refractivity contribution in [2.24, 2.45) is 0 Å². The Balaban J connectivity index is 2.31. The molecule has 2 rings (SSSR count). The van der Waals surface area contributed by atoms with Crippen LogP contribution in [0.2, 0.25) is 0 Å². The number of H-pyrrole nitrogens is 1. The van der Waals surface area contributed by atoms with Gasteiger partial charge >= 0.3 is 0 Å². The van der Waals surface area contributed by atoms with Crippen LogP contribution in [0.15, 0.2) is 35.1 Å². The van der Waals surface area contributed by atoms with Crippen LogP contribution in [0.5, 0.6) is 0 Å². The summed E-state index contributed by atoms with van der Waals surface area (Å²) in [7, 11) is 0. The van der Waals surface area contributed by atoms with Crippen molar-refractivity contribution in [1.82, 2.24) is 4.98 Å². The Morgan fingerprint density at radius 2 is 2.00 bits per heavy atom. The third-order valence-corrected chi connectivity index (χ3v) is 2.93. The second kappa shape index (κ2) is 5.17. The molecule has 2 nitrogen and oxygen atoms in total. The predicted octanol–water partition coefficient (Wildman–Crippen LogP) is 3.09. The van der Waals surface area contributed by atoms with Gasteiger partial charge in [0, 0.05) is 17.0 Å². The van der Waals surface area contributed by atoms with E-state index in [1.54, 1.807) is 0 Å². The fourth-order valence-electron chi connectivity index (χ4n) is 1.79. The number of unbranched alkanes of at least 4 members (excludes halogenated alkanes) is 1. The highest BCUT2D eigenvalue weighted by Gasteiger charge is 2.01. The van der Waals surface area contributed by atoms with Gasteiger partial charge in [-0.1, -0.05) is 18.2 Å². The molecule has 0 aliphatic heterocycles. The van der Waals surface area contributed by atoms with Crippen molar-refractivity contribution in [2.45, 2.75) is 19.3 Å². The van der Waals surface area contributed by atoms with E-state index in [1.807, 2.05) is 30.3 Å². The van der Waals surface area contributed by atoms with E-state index in [2.05, 4.69) is 4.98 Å². The lowest BCUT2D eigenvalue weighted by Crippen LogP contribution is -2.12. The van der Waals surface area contributed by atoms with Gasteiger partial charge < -0.3 is 4.98 Å². The number of rotatable bonds is 4. The van der Waals surface area contributed by atoms with Gasteiger partial charge in [-0.2, -0.15) is 0 Å². The molecule has 1 aromatic carbocycles. The van der Waals surface area contributed by atoms with E-state index in [1.165, 1.54) is 0 Å². The minimum atomic E-state index is 0.0215. The molecule has 0 saturated heterocycles. The number of halogens is 1. The Morgan fingerprint density at radius 1 is 1.19 bits per heavy atom. The number of alkyl halides is 1. The molecule has 0 fully saturated rings. The number of para-hydroxylation sites is 1. The van der Waals surface area contributed by atoms with Gasteiger partial charge in [-0.3, -0.25) is 4.79 Å². The molecule has 1 aromatic heterocycles. The smallest absolute Gasteiger partial charge is 0.251 e. The van der Waals surface area contributed by atoms with Crippen LogP contribution in [0, 0.1) is 0 Å². The van der Waals surface area contributed by atoms with Crippen LogP contribution < -0.4 is 5.56 Å². The third kappa shape index (κ3) is 2.45. The molecule has 3 heteroatoms. The summed E-state index contributed by atoms with van der Waals surface area (Å²) in [6.07, 6.45) is 2.71. The highest BCUT2D eigenvalue weighted by atomic mass is 35.5. The van der Waals surface area contributed by atoms with E-state index in [4.69, 9.17) is 11.6 Å². The molecule has 0 saturated carbocycles. The van der Waals surface area contributed by atoms with Crippen LogP contribution in [-0.2, 0) is 6.42 Å². The molecule has 84 valence electrons. The van der Waals surface area contributed by atoms with E-state index in [0.29, 0.717) is 5.88 Å². The standard InChI is InChI=1S/C13H14ClNO/c14-8-4-3-6-11-9-10-5-1-2-7-12(10)15-13(11)16/h1-2,5,7,9H,3-4,6,8H2,(H,15,16). The van der Waals surface area contributed by atoms with Gasteiger partial charge in [0.25, 0.3) is 5.56 Å². The molecule has 0 radical (unpaired) electrons. The second-order valence-corrected chi connectivity index (χ2v) is 4.24. The summed E-state index contributed by atoms with van der Waals surface area (Å²) >= 11 is 5.62. The molecule has 0 spiro atoms. The van der Waals surface area contributed by atoms with Crippen LogP contribution in [0.3, 0.4) is 0 Å². The van der Waals surface area contributed by atoms with Crippen molar-refractivity contribution in [2.75, 3.05) is 5.88 Å². The lowest BCUT2D eigenvalue weighted by Gasteiger charge is -2.02. The molecular formula is C13H14ClNO. The molecule has 2 aromatic rings. The highest BCUT2D eigenvalue weighted by molar-refractivity contribution is 6.17. The number of hydrogen-bond acceptors (Lipinski definition) is 1. The van der Waals surface area contributed by atoms with Gasteiger partial charge in [0.1, 0.15) is 0 Å². The van der Waals surface area contributed by atoms with Gasteiger partial charge in [0.2, 0.25) is 0 Å². The van der Waals surface area contributed by atoms with Crippen molar-refractivity contribution < 1.29 is 0 Å². The van der Waals surface area contributed by atoms with Crippen LogP contribution in [0.1, 0.15) is 18.4 Å². The van der Waals surface area contributed by atoms with Crippen LogP contribution in [0.4, 0.5) is 0 Å². The summed E-state index contributed by atoms with van der Waals surface area (Å²) < 4.78 is 0. The third-order valence-electron chi connectivity index (χ3n) is 2.66. The number of nitrogens with one attached hydrogen (secondary N) is 1. The molecular weight excluding hydrogens is 222 g/mol. The maximum Gasteiger partial charge on any atom is 0.251 e. The SMILES string of the molecule is O=c1[nH]c2ccccc2cc1CCCCCl. The minimum Gasteiger partial charge on any atom is -0.322 e. The minimum absolute atomic E-state index is 0.0215. The van der Waals surface area contributed by atoms with Gasteiger partial charge in [0.15, 0.2) is 0 Å². The second-order valence-electron chi connectivity index (χ2n) is 3.86. The zero-order valence-electron chi connectivity index (χ0n) is 9.00. The molecule has 1 heterocycles. The lowest BCUT2D eigenvalue weighted by molar-refractivity contribution is 0.793. The van der Waals surface area contributed by atoms with E-state index in [9.17, 15) is 4.79 Å². The van der Waals surface area contributed by atoms with E-state index in [-0.39, 0.29) is 5.56 Å². The Hall–Kier alpha value is -1.28. The van der Waals surface area contributed by atoms with Gasteiger partial charge in [0.05, 0.1) is 0 Å². The monoisotopic (exact) mass is 235 g/mol. The van der Waals surface area contributed by atoms with Gasteiger partial charge in [-0.15, -0.1) is 11.6 Å². The van der Waals surface area contributed by atoms with Crippen LogP contribution in [0.25, 0.3) is 10.9 Å². The number of aromatic nitrogens is 1. The largest absolute Gasteiger partial charge is 0.322 e. The summed E-state index contributed by atoms with van der Waals surface area (Å²) in [6.45, 7) is 0. The average molecular weight is 236 g/mol. The first-order valence-electron chi connectivity index (χ1n) is 5.48. The predicted molar refractivity (Wildman–Crippen MR) is 68.2 cm³/mol. The molecule has 0 amide bonds. The molecule has 0 bridgehead atoms. The van der Waals surface area contributed by atoms with Crippen molar-refractivity contribution in [3.05, 3.63) is 46.2 Å². The molecule has 0 aliphatic rings. The lowest BCUT2D eigenvalue weighted by atomic mass is 10.1. The fraction of sp³-hybridized carbons (Fsp3) is 0.308. The topological polar surface area (TPSA) is 32.9 Å². The van der Waals surface area contributed by atoms with Crippen molar-refractivity contribution in [3.63, 3.8) is 0 Å². The first-order valence-corrected chi connectivity index (χ1v) is 6.01. The Kier molecular flexibility index (Phi) is 3.62. The Labute approximate surface area is 99.3 Å². The summed E-state index contributed by atoms with van der Waals surface area (Å²) in [5.41, 5.74) is 1.77. The van der Waals surface area contributed by atoms with Crippen LogP contribution >= 0.6 is 11.6 Å². The quantitative estimate of drug-likeness (QED) is 0.641. The molecule has 1 N–H and O–H groups in total. The maximum atomic E-state index is 11.7. The molecule has 0 unspecified atom stereocenters. The average Bonchev–Trinajstić information content (AvgIpc) is 2.30. The molecule has 0 atom stereocenters. The zero-order valence-corrected chi connectivity index (χ0v) is 9.76. The number of aromatic amines is 1. The number of aryl methyl sites for hydroxylation is 1. The first kappa shape index (κ1) is 11.2. The fourth-order valence-corrected chi connectivity index (χ4v) is 1.98. The number of pyridine rings is 1. The van der Waals surface area contributed by atoms with E-state index in [0.717, 1.165) is 35.7 Å². The Bertz CT molecular complexity index is 533. The van der Waals surface area contributed by atoms with E-state index < -0.39 is 0 Å². The number of fused-ring (bicyclic) bond motifs is 1. The summed E-state index contributed by atoms with van der Waals surface area (Å²) in [5.74, 6) is 0.658. The van der Waals surface area contributed by atoms with Crippen molar-refractivity contribution in [1.29, 1.82) is 0 Å². The molecule has 16 heavy (non-hydrogen) atoms. The summed E-state index contributed by atoms with van der Waals surface area (Å²) in [6, 6.07) is 9.80. The Morgan fingerprint density at radius 3 is 2.81 bits per heavy atom. The van der Waals surface area contributed by atoms with Crippen LogP contribution in [-0.4, -0.2) is 10.9 Å². The first-order chi connectivity index (χ1) is 7.81. The zero-order chi connectivity index (χ0) is 11.4. The van der Waals surface area contributed by atoms with Gasteiger partial charge in [-0.25, -0.2) is 0 Å². The van der Waals surface area contributed by atoms with E-state index >= 15 is 0 Å². The van der Waals surface area contributed by atoms with Crippen molar-refractivity contribution in [3.8, 4) is 0 Å². The van der Waals surface area contributed by atoms with Gasteiger partial charge in [-0.05, 0) is 36.8 Å².